The van der Waals surface area contributed by atoms with Gasteiger partial charge >= 0.3 is 0 Å². The first kappa shape index (κ1) is 11.1. The SMILES string of the molecule is CC(C)Oc1cc(N)cc(NCC2CC2)c1. The maximum absolute atomic E-state index is 5.84. The number of hydrogen-bond donors (Lipinski definition) is 2. The van der Waals surface area contributed by atoms with Crippen molar-refractivity contribution in [1.29, 1.82) is 0 Å². The second kappa shape index (κ2) is 4.64. The van der Waals surface area contributed by atoms with Crippen molar-refractivity contribution in [3.8, 4) is 5.75 Å². The highest BCUT2D eigenvalue weighted by Crippen LogP contribution is 2.30. The summed E-state index contributed by atoms with van der Waals surface area (Å²) in [4.78, 5) is 0. The van der Waals surface area contributed by atoms with E-state index in [2.05, 4.69) is 5.32 Å². The fourth-order valence-corrected chi connectivity index (χ4v) is 1.65. The molecule has 0 radical (unpaired) electrons. The number of benzene rings is 1. The molecule has 2 rings (SSSR count). The van der Waals surface area contributed by atoms with Gasteiger partial charge in [0.1, 0.15) is 5.75 Å². The van der Waals surface area contributed by atoms with Gasteiger partial charge in [-0.1, -0.05) is 0 Å². The van der Waals surface area contributed by atoms with Crippen LogP contribution in [0.4, 0.5) is 11.4 Å². The van der Waals surface area contributed by atoms with E-state index in [0.29, 0.717) is 0 Å². The first-order chi connectivity index (χ1) is 7.63. The van der Waals surface area contributed by atoms with Gasteiger partial charge in [-0.15, -0.1) is 0 Å². The van der Waals surface area contributed by atoms with Crippen LogP contribution < -0.4 is 15.8 Å². The van der Waals surface area contributed by atoms with Gasteiger partial charge in [0.05, 0.1) is 6.10 Å². The minimum absolute atomic E-state index is 0.179. The van der Waals surface area contributed by atoms with Gasteiger partial charge in [0, 0.05) is 30.1 Å². The quantitative estimate of drug-likeness (QED) is 0.750. The lowest BCUT2D eigenvalue weighted by molar-refractivity contribution is 0.242. The molecule has 1 aliphatic carbocycles. The Bertz CT molecular complexity index is 359. The van der Waals surface area contributed by atoms with Crippen molar-refractivity contribution in [2.45, 2.75) is 32.8 Å². The van der Waals surface area contributed by atoms with E-state index in [9.17, 15) is 0 Å². The van der Waals surface area contributed by atoms with E-state index in [4.69, 9.17) is 10.5 Å². The molecular formula is C13H20N2O. The van der Waals surface area contributed by atoms with Gasteiger partial charge in [-0.3, -0.25) is 0 Å². The fraction of sp³-hybridized carbons (Fsp3) is 0.538. The number of ether oxygens (including phenoxy) is 1. The standard InChI is InChI=1S/C13H20N2O/c1-9(2)16-13-6-11(14)5-12(7-13)15-8-10-3-4-10/h5-7,9-10,15H,3-4,8,14H2,1-2H3. The van der Waals surface area contributed by atoms with Gasteiger partial charge in [-0.2, -0.15) is 0 Å². The Morgan fingerprint density at radius 1 is 1.38 bits per heavy atom. The van der Waals surface area contributed by atoms with E-state index in [1.165, 1.54) is 12.8 Å². The molecule has 3 nitrogen and oxygen atoms in total. The maximum atomic E-state index is 5.84. The zero-order valence-corrected chi connectivity index (χ0v) is 9.99. The van der Waals surface area contributed by atoms with Crippen molar-refractivity contribution in [2.75, 3.05) is 17.6 Å². The average molecular weight is 220 g/mol. The summed E-state index contributed by atoms with van der Waals surface area (Å²) >= 11 is 0. The summed E-state index contributed by atoms with van der Waals surface area (Å²) in [5.41, 5.74) is 7.64. The van der Waals surface area contributed by atoms with Gasteiger partial charge in [-0.05, 0) is 38.7 Å². The van der Waals surface area contributed by atoms with E-state index in [1.54, 1.807) is 0 Å². The van der Waals surface area contributed by atoms with Crippen LogP contribution in [0.5, 0.6) is 5.75 Å². The molecule has 16 heavy (non-hydrogen) atoms. The van der Waals surface area contributed by atoms with Gasteiger partial charge in [-0.25, -0.2) is 0 Å². The second-order valence-corrected chi connectivity index (χ2v) is 4.78. The van der Waals surface area contributed by atoms with E-state index in [-0.39, 0.29) is 6.10 Å². The molecule has 0 heterocycles. The van der Waals surface area contributed by atoms with Crippen LogP contribution in [-0.2, 0) is 0 Å². The minimum Gasteiger partial charge on any atom is -0.491 e. The van der Waals surface area contributed by atoms with E-state index < -0.39 is 0 Å². The first-order valence-corrected chi connectivity index (χ1v) is 5.94. The minimum atomic E-state index is 0.179. The molecule has 0 bridgehead atoms. The molecule has 3 N–H and O–H groups in total. The molecule has 3 heteroatoms. The Balaban J connectivity index is 2.01. The van der Waals surface area contributed by atoms with Crippen LogP contribution in [0.1, 0.15) is 26.7 Å². The zero-order chi connectivity index (χ0) is 11.5. The number of nitrogens with two attached hydrogens (primary N) is 1. The molecular weight excluding hydrogens is 200 g/mol. The number of hydrogen-bond acceptors (Lipinski definition) is 3. The van der Waals surface area contributed by atoms with Crippen molar-refractivity contribution in [3.63, 3.8) is 0 Å². The Hall–Kier alpha value is -1.38. The molecule has 1 aromatic rings. The Labute approximate surface area is 97.0 Å². The van der Waals surface area contributed by atoms with Gasteiger partial charge in [0.2, 0.25) is 0 Å². The highest BCUT2D eigenvalue weighted by Gasteiger charge is 2.20. The number of anilines is 2. The lowest BCUT2D eigenvalue weighted by Gasteiger charge is -2.13. The third kappa shape index (κ3) is 3.33. The summed E-state index contributed by atoms with van der Waals surface area (Å²) in [5.74, 6) is 1.70. The Kier molecular flexibility index (Phi) is 3.22. The molecule has 1 aromatic carbocycles. The summed E-state index contributed by atoms with van der Waals surface area (Å²) in [6, 6.07) is 5.83. The van der Waals surface area contributed by atoms with E-state index in [0.717, 1.165) is 29.6 Å². The molecule has 1 aliphatic rings. The molecule has 1 fully saturated rings. The van der Waals surface area contributed by atoms with Gasteiger partial charge < -0.3 is 15.8 Å². The van der Waals surface area contributed by atoms with Crippen molar-refractivity contribution < 1.29 is 4.74 Å². The summed E-state index contributed by atoms with van der Waals surface area (Å²) < 4.78 is 5.64. The maximum Gasteiger partial charge on any atom is 0.123 e. The van der Waals surface area contributed by atoms with Crippen LogP contribution in [-0.4, -0.2) is 12.6 Å². The number of nitrogens with one attached hydrogen (secondary N) is 1. The zero-order valence-electron chi connectivity index (χ0n) is 9.99. The molecule has 0 unspecified atom stereocenters. The van der Waals surface area contributed by atoms with E-state index >= 15 is 0 Å². The van der Waals surface area contributed by atoms with Crippen molar-refractivity contribution in [3.05, 3.63) is 18.2 Å². The lowest BCUT2D eigenvalue weighted by Crippen LogP contribution is -2.07. The van der Waals surface area contributed by atoms with Crippen LogP contribution in [0.3, 0.4) is 0 Å². The third-order valence-corrected chi connectivity index (χ3v) is 2.59. The second-order valence-electron chi connectivity index (χ2n) is 4.78. The molecule has 0 atom stereocenters. The highest BCUT2D eigenvalue weighted by molar-refractivity contribution is 5.59. The first-order valence-electron chi connectivity index (χ1n) is 5.94. The lowest BCUT2D eigenvalue weighted by atomic mass is 10.2. The number of rotatable bonds is 5. The van der Waals surface area contributed by atoms with Gasteiger partial charge in [0.25, 0.3) is 0 Å². The smallest absolute Gasteiger partial charge is 0.123 e. The molecule has 88 valence electrons. The Morgan fingerprint density at radius 2 is 2.12 bits per heavy atom. The van der Waals surface area contributed by atoms with Crippen LogP contribution in [0.25, 0.3) is 0 Å². The predicted molar refractivity (Wildman–Crippen MR) is 67.8 cm³/mol. The number of nitrogen functional groups attached to an aromatic ring is 1. The average Bonchev–Trinajstić information content (AvgIpc) is 2.95. The summed E-state index contributed by atoms with van der Waals surface area (Å²) in [6.45, 7) is 5.07. The molecule has 0 aromatic heterocycles. The Morgan fingerprint density at radius 3 is 2.75 bits per heavy atom. The van der Waals surface area contributed by atoms with Crippen LogP contribution >= 0.6 is 0 Å². The van der Waals surface area contributed by atoms with E-state index in [1.807, 2.05) is 32.0 Å². The predicted octanol–water partition coefficient (Wildman–Crippen LogP) is 2.88. The van der Waals surface area contributed by atoms with Crippen LogP contribution in [0, 0.1) is 5.92 Å². The molecule has 0 amide bonds. The van der Waals surface area contributed by atoms with Crippen LogP contribution in [0.2, 0.25) is 0 Å². The fourth-order valence-electron chi connectivity index (χ4n) is 1.65. The largest absolute Gasteiger partial charge is 0.491 e. The monoisotopic (exact) mass is 220 g/mol. The summed E-state index contributed by atoms with van der Waals surface area (Å²) in [6.07, 6.45) is 2.88. The molecule has 0 spiro atoms. The highest BCUT2D eigenvalue weighted by atomic mass is 16.5. The molecule has 1 saturated carbocycles. The van der Waals surface area contributed by atoms with Crippen LogP contribution in [0.15, 0.2) is 18.2 Å². The summed E-state index contributed by atoms with van der Waals surface area (Å²) in [7, 11) is 0. The third-order valence-electron chi connectivity index (χ3n) is 2.59. The van der Waals surface area contributed by atoms with Crippen molar-refractivity contribution >= 4 is 11.4 Å². The van der Waals surface area contributed by atoms with Crippen molar-refractivity contribution in [1.82, 2.24) is 0 Å². The molecule has 0 saturated heterocycles. The molecule has 0 aliphatic heterocycles. The van der Waals surface area contributed by atoms with Gasteiger partial charge in [0.15, 0.2) is 0 Å². The summed E-state index contributed by atoms with van der Waals surface area (Å²) in [5, 5.41) is 3.40. The topological polar surface area (TPSA) is 47.3 Å². The normalized spacial score (nSPS) is 15.2. The van der Waals surface area contributed by atoms with Crippen molar-refractivity contribution in [2.24, 2.45) is 5.92 Å².